The summed E-state index contributed by atoms with van der Waals surface area (Å²) in [6.07, 6.45) is 3.63. The first kappa shape index (κ1) is 8.26. The minimum Gasteiger partial charge on any atom is -0.354 e. The number of nitrogens with two attached hydrogens (primary N) is 1. The number of hydrazine groups is 1. The highest BCUT2D eigenvalue weighted by atomic mass is 15.2. The zero-order valence-corrected chi connectivity index (χ0v) is 7.99. The number of nitrogens with zero attached hydrogens (tertiary/aromatic N) is 1. The lowest BCUT2D eigenvalue weighted by Gasteiger charge is -1.98. The zero-order chi connectivity index (χ0) is 10.3. The number of benzene rings is 1. The minimum atomic E-state index is 0.896. The summed E-state index contributed by atoms with van der Waals surface area (Å²) in [5.74, 6) is 5.38. The normalized spacial score (nSPS) is 11.0. The highest BCUT2D eigenvalue weighted by Gasteiger charge is 2.03. The summed E-state index contributed by atoms with van der Waals surface area (Å²) in [5, 5.41) is 2.25. The van der Waals surface area contributed by atoms with Gasteiger partial charge >= 0.3 is 0 Å². The molecule has 74 valence electrons. The van der Waals surface area contributed by atoms with Gasteiger partial charge in [-0.25, -0.2) is 0 Å². The lowest BCUT2D eigenvalue weighted by molar-refractivity contribution is 1.36. The van der Waals surface area contributed by atoms with Gasteiger partial charge in [-0.1, -0.05) is 0 Å². The van der Waals surface area contributed by atoms with Crippen molar-refractivity contribution in [3.05, 3.63) is 36.7 Å². The molecule has 4 N–H and O–H groups in total. The van der Waals surface area contributed by atoms with Crippen molar-refractivity contribution in [2.45, 2.75) is 0 Å². The average molecular weight is 198 g/mol. The molecule has 4 nitrogen and oxygen atoms in total. The van der Waals surface area contributed by atoms with E-state index in [1.807, 2.05) is 30.5 Å². The summed E-state index contributed by atoms with van der Waals surface area (Å²) in [5.41, 5.74) is 5.72. The SMILES string of the molecule is NNc1ccc2[nH]c3ccncc3c2c1. The average Bonchev–Trinajstić information content (AvgIpc) is 2.66. The number of H-pyrrole nitrogens is 1. The molecule has 2 heterocycles. The van der Waals surface area contributed by atoms with Gasteiger partial charge in [0.05, 0.1) is 0 Å². The van der Waals surface area contributed by atoms with E-state index in [9.17, 15) is 0 Å². The number of aromatic nitrogens is 2. The van der Waals surface area contributed by atoms with E-state index in [0.29, 0.717) is 0 Å². The fraction of sp³-hybridized carbons (Fsp3) is 0. The second-order valence-corrected chi connectivity index (χ2v) is 3.45. The molecule has 0 fully saturated rings. The molecule has 1 aromatic carbocycles. The molecule has 15 heavy (non-hydrogen) atoms. The van der Waals surface area contributed by atoms with Gasteiger partial charge in [-0.3, -0.25) is 10.8 Å². The molecule has 0 saturated carbocycles. The molecular weight excluding hydrogens is 188 g/mol. The molecule has 0 saturated heterocycles. The molecule has 0 bridgehead atoms. The van der Waals surface area contributed by atoms with Crippen LogP contribution in [0.1, 0.15) is 0 Å². The highest BCUT2D eigenvalue weighted by molar-refractivity contribution is 6.07. The standard InChI is InChI=1S/C11H10N4/c12-15-7-1-2-10-8(5-7)9-6-13-4-3-11(9)14-10/h1-6,14-15H,12H2. The van der Waals surface area contributed by atoms with Crippen LogP contribution in [0, 0.1) is 0 Å². The molecule has 2 aromatic heterocycles. The molecule has 0 radical (unpaired) electrons. The van der Waals surface area contributed by atoms with E-state index in [2.05, 4.69) is 15.4 Å². The monoisotopic (exact) mass is 198 g/mol. The van der Waals surface area contributed by atoms with Crippen molar-refractivity contribution in [3.8, 4) is 0 Å². The van der Waals surface area contributed by atoms with Crippen LogP contribution in [0.4, 0.5) is 5.69 Å². The molecule has 0 amide bonds. The molecule has 3 rings (SSSR count). The fourth-order valence-electron chi connectivity index (χ4n) is 1.83. The first-order valence-electron chi connectivity index (χ1n) is 4.70. The maximum absolute atomic E-state index is 5.38. The third-order valence-corrected chi connectivity index (χ3v) is 2.57. The lowest BCUT2D eigenvalue weighted by Crippen LogP contribution is -2.05. The van der Waals surface area contributed by atoms with E-state index >= 15 is 0 Å². The number of nitrogen functional groups attached to an aromatic ring is 1. The third-order valence-electron chi connectivity index (χ3n) is 2.57. The van der Waals surface area contributed by atoms with Crippen molar-refractivity contribution < 1.29 is 0 Å². The smallest absolute Gasteiger partial charge is 0.0495 e. The Morgan fingerprint density at radius 3 is 2.87 bits per heavy atom. The number of aromatic amines is 1. The Morgan fingerprint density at radius 1 is 1.13 bits per heavy atom. The second kappa shape index (κ2) is 2.96. The molecule has 0 aliphatic carbocycles. The van der Waals surface area contributed by atoms with E-state index < -0.39 is 0 Å². The van der Waals surface area contributed by atoms with E-state index in [0.717, 1.165) is 27.5 Å². The van der Waals surface area contributed by atoms with Crippen LogP contribution in [0.25, 0.3) is 21.8 Å². The number of hydrogen-bond donors (Lipinski definition) is 3. The molecule has 0 aliphatic rings. The van der Waals surface area contributed by atoms with Crippen LogP contribution < -0.4 is 11.3 Å². The van der Waals surface area contributed by atoms with E-state index in [1.54, 1.807) is 6.20 Å². The van der Waals surface area contributed by atoms with Crippen LogP contribution in [0.15, 0.2) is 36.7 Å². The Labute approximate surface area is 86.1 Å². The Balaban J connectivity index is 2.46. The molecule has 4 heteroatoms. The predicted molar refractivity (Wildman–Crippen MR) is 61.4 cm³/mol. The fourth-order valence-corrected chi connectivity index (χ4v) is 1.83. The van der Waals surface area contributed by atoms with Gasteiger partial charge in [0.2, 0.25) is 0 Å². The third kappa shape index (κ3) is 1.15. The summed E-state index contributed by atoms with van der Waals surface area (Å²) in [6.45, 7) is 0. The van der Waals surface area contributed by atoms with Gasteiger partial charge < -0.3 is 10.4 Å². The van der Waals surface area contributed by atoms with Gasteiger partial charge in [0, 0.05) is 39.9 Å². The maximum Gasteiger partial charge on any atom is 0.0495 e. The lowest BCUT2D eigenvalue weighted by atomic mass is 10.2. The zero-order valence-electron chi connectivity index (χ0n) is 7.99. The summed E-state index contributed by atoms with van der Waals surface area (Å²) in [4.78, 5) is 7.44. The van der Waals surface area contributed by atoms with Crippen LogP contribution >= 0.6 is 0 Å². The molecule has 0 atom stereocenters. The summed E-state index contributed by atoms with van der Waals surface area (Å²) in [7, 11) is 0. The van der Waals surface area contributed by atoms with Crippen molar-refractivity contribution in [3.63, 3.8) is 0 Å². The van der Waals surface area contributed by atoms with Crippen molar-refractivity contribution in [1.29, 1.82) is 0 Å². The number of anilines is 1. The Hall–Kier alpha value is -2.07. The van der Waals surface area contributed by atoms with Gasteiger partial charge in [0.1, 0.15) is 0 Å². The number of fused-ring (bicyclic) bond motifs is 3. The predicted octanol–water partition coefficient (Wildman–Crippen LogP) is 2.00. The minimum absolute atomic E-state index is 0.896. The van der Waals surface area contributed by atoms with Gasteiger partial charge in [0.25, 0.3) is 0 Å². The number of nitrogens with one attached hydrogen (secondary N) is 2. The van der Waals surface area contributed by atoms with Crippen molar-refractivity contribution >= 4 is 27.5 Å². The number of pyridine rings is 1. The van der Waals surface area contributed by atoms with E-state index in [-0.39, 0.29) is 0 Å². The Bertz CT molecular complexity index is 627. The molecule has 0 spiro atoms. The van der Waals surface area contributed by atoms with Crippen molar-refractivity contribution in [1.82, 2.24) is 9.97 Å². The highest BCUT2D eigenvalue weighted by Crippen LogP contribution is 2.26. The summed E-state index contributed by atoms with van der Waals surface area (Å²) >= 11 is 0. The largest absolute Gasteiger partial charge is 0.354 e. The van der Waals surface area contributed by atoms with Crippen molar-refractivity contribution in [2.75, 3.05) is 5.43 Å². The Kier molecular flexibility index (Phi) is 1.63. The summed E-state index contributed by atoms with van der Waals surface area (Å²) < 4.78 is 0. The molecule has 3 aromatic rings. The topological polar surface area (TPSA) is 66.7 Å². The van der Waals surface area contributed by atoms with Crippen LogP contribution in [-0.4, -0.2) is 9.97 Å². The maximum atomic E-state index is 5.38. The van der Waals surface area contributed by atoms with E-state index in [4.69, 9.17) is 5.84 Å². The first-order valence-corrected chi connectivity index (χ1v) is 4.70. The van der Waals surface area contributed by atoms with E-state index in [1.165, 1.54) is 0 Å². The van der Waals surface area contributed by atoms with Crippen molar-refractivity contribution in [2.24, 2.45) is 5.84 Å². The molecule has 0 unspecified atom stereocenters. The van der Waals surface area contributed by atoms with Gasteiger partial charge in [-0.2, -0.15) is 0 Å². The summed E-state index contributed by atoms with van der Waals surface area (Å²) in [6, 6.07) is 7.91. The molecular formula is C11H10N4. The van der Waals surface area contributed by atoms with Crippen LogP contribution in [0.3, 0.4) is 0 Å². The Morgan fingerprint density at radius 2 is 2.00 bits per heavy atom. The quantitative estimate of drug-likeness (QED) is 0.414. The van der Waals surface area contributed by atoms with Gasteiger partial charge in [-0.05, 0) is 24.3 Å². The number of rotatable bonds is 1. The van der Waals surface area contributed by atoms with Crippen LogP contribution in [0.2, 0.25) is 0 Å². The molecule has 0 aliphatic heterocycles. The van der Waals surface area contributed by atoms with Crippen LogP contribution in [-0.2, 0) is 0 Å². The van der Waals surface area contributed by atoms with Crippen LogP contribution in [0.5, 0.6) is 0 Å². The first-order chi connectivity index (χ1) is 7.38. The second-order valence-electron chi connectivity index (χ2n) is 3.45. The van der Waals surface area contributed by atoms with Gasteiger partial charge in [-0.15, -0.1) is 0 Å². The van der Waals surface area contributed by atoms with Gasteiger partial charge in [0.15, 0.2) is 0 Å². The number of hydrogen-bond acceptors (Lipinski definition) is 3.